The molecule has 1 saturated heterocycles. The summed E-state index contributed by atoms with van der Waals surface area (Å²) in [6.07, 6.45) is -4.58. The normalized spacial score (nSPS) is 22.1. The molecule has 0 amide bonds. The Balaban J connectivity index is 2.31. The van der Waals surface area contributed by atoms with Crippen LogP contribution in [0.5, 0.6) is 0 Å². The zero-order chi connectivity index (χ0) is 15.8. The first kappa shape index (κ1) is 15.1. The molecule has 1 fully saturated rings. The Labute approximate surface area is 118 Å². The monoisotopic (exact) mass is 299 g/mol. The summed E-state index contributed by atoms with van der Waals surface area (Å²) in [5.41, 5.74) is 0.734. The van der Waals surface area contributed by atoms with Gasteiger partial charge in [0.15, 0.2) is 0 Å². The van der Waals surface area contributed by atoms with E-state index in [1.807, 2.05) is 6.07 Å². The number of rotatable bonds is 2. The number of hydrogen-bond donors (Lipinski definition) is 1. The summed E-state index contributed by atoms with van der Waals surface area (Å²) in [6.45, 7) is 0.916. The van der Waals surface area contributed by atoms with Gasteiger partial charge in [-0.15, -0.1) is 0 Å². The minimum absolute atomic E-state index is 0.120. The van der Waals surface area contributed by atoms with E-state index < -0.39 is 30.5 Å². The summed E-state index contributed by atoms with van der Waals surface area (Å²) in [6, 6.07) is 4.93. The fourth-order valence-corrected chi connectivity index (χ4v) is 2.38. The highest BCUT2D eigenvalue weighted by molar-refractivity contribution is 5.72. The average Bonchev–Trinajstić information content (AvgIpc) is 2.84. The lowest BCUT2D eigenvalue weighted by molar-refractivity contribution is -0.187. The number of aliphatic carboxylic acids is 1. The topological polar surface area (TPSA) is 77.2 Å². The number of halogens is 3. The fourth-order valence-electron chi connectivity index (χ4n) is 2.38. The van der Waals surface area contributed by atoms with E-state index in [4.69, 9.17) is 10.4 Å². The molecule has 21 heavy (non-hydrogen) atoms. The predicted octanol–water partition coefficient (Wildman–Crippen LogP) is 1.96. The van der Waals surface area contributed by atoms with Gasteiger partial charge in [0.05, 0.1) is 11.8 Å². The number of anilines is 1. The summed E-state index contributed by atoms with van der Waals surface area (Å²) in [5.74, 6) is -4.76. The molecule has 0 aliphatic carbocycles. The summed E-state index contributed by atoms with van der Waals surface area (Å²) in [5, 5.41) is 17.9. The molecule has 5 nitrogen and oxygen atoms in total. The smallest absolute Gasteiger partial charge is 0.394 e. The molecule has 0 radical (unpaired) electrons. The van der Waals surface area contributed by atoms with Gasteiger partial charge >= 0.3 is 12.1 Å². The lowest BCUT2D eigenvalue weighted by Gasteiger charge is -2.19. The summed E-state index contributed by atoms with van der Waals surface area (Å²) < 4.78 is 38.7. The maximum absolute atomic E-state index is 12.9. The van der Waals surface area contributed by atoms with Crippen molar-refractivity contribution in [2.24, 2.45) is 11.8 Å². The van der Waals surface area contributed by atoms with Gasteiger partial charge in [-0.25, -0.2) is 4.98 Å². The van der Waals surface area contributed by atoms with Gasteiger partial charge < -0.3 is 10.0 Å². The number of carboxylic acids is 1. The number of carbonyl (C=O) groups is 1. The third-order valence-electron chi connectivity index (χ3n) is 3.57. The van der Waals surface area contributed by atoms with Gasteiger partial charge in [-0.2, -0.15) is 18.4 Å². The number of nitrogens with zero attached hydrogens (tertiary/aromatic N) is 3. The molecule has 1 N–H and O–H groups in total. The van der Waals surface area contributed by atoms with Crippen LogP contribution in [-0.4, -0.2) is 35.3 Å². The average molecular weight is 299 g/mol. The van der Waals surface area contributed by atoms with E-state index in [1.54, 1.807) is 13.0 Å². The number of carboxylic acid groups (broad SMARTS) is 1. The second-order valence-electron chi connectivity index (χ2n) is 4.94. The van der Waals surface area contributed by atoms with Crippen molar-refractivity contribution in [3.63, 3.8) is 0 Å². The van der Waals surface area contributed by atoms with Crippen LogP contribution < -0.4 is 4.90 Å². The van der Waals surface area contributed by atoms with Crippen molar-refractivity contribution in [3.8, 4) is 6.07 Å². The first-order valence-electron chi connectivity index (χ1n) is 6.16. The number of aryl methyl sites for hydroxylation is 1. The van der Waals surface area contributed by atoms with Crippen LogP contribution in [0.1, 0.15) is 11.3 Å². The molecule has 112 valence electrons. The van der Waals surface area contributed by atoms with Crippen molar-refractivity contribution in [1.29, 1.82) is 5.26 Å². The highest BCUT2D eigenvalue weighted by Gasteiger charge is 2.52. The predicted molar refractivity (Wildman–Crippen MR) is 66.6 cm³/mol. The molecular weight excluding hydrogens is 287 g/mol. The molecule has 0 bridgehead atoms. The SMILES string of the molecule is Cc1ccc(N2C[C@@H](C(F)(F)F)[C@H](C(=O)O)C2)nc1C#N. The van der Waals surface area contributed by atoms with Gasteiger partial charge in [0.1, 0.15) is 17.6 Å². The third kappa shape index (κ3) is 2.91. The first-order valence-corrected chi connectivity index (χ1v) is 6.16. The van der Waals surface area contributed by atoms with Gasteiger partial charge in [-0.3, -0.25) is 4.79 Å². The van der Waals surface area contributed by atoms with Crippen LogP contribution in [0.25, 0.3) is 0 Å². The zero-order valence-corrected chi connectivity index (χ0v) is 11.1. The molecule has 1 aliphatic heterocycles. The van der Waals surface area contributed by atoms with Crippen LogP contribution in [-0.2, 0) is 4.79 Å². The molecule has 2 heterocycles. The van der Waals surface area contributed by atoms with Crippen LogP contribution in [0.4, 0.5) is 19.0 Å². The minimum atomic E-state index is -4.58. The fraction of sp³-hybridized carbons (Fsp3) is 0.462. The van der Waals surface area contributed by atoms with Crippen molar-refractivity contribution in [1.82, 2.24) is 4.98 Å². The van der Waals surface area contributed by atoms with Crippen LogP contribution in [0.2, 0.25) is 0 Å². The molecule has 0 unspecified atom stereocenters. The Hall–Kier alpha value is -2.30. The summed E-state index contributed by atoms with van der Waals surface area (Å²) >= 11 is 0. The Morgan fingerprint density at radius 2 is 2.14 bits per heavy atom. The number of aromatic nitrogens is 1. The number of nitriles is 1. The molecule has 0 spiro atoms. The first-order chi connectivity index (χ1) is 9.74. The molecule has 1 aromatic heterocycles. The Morgan fingerprint density at radius 1 is 1.48 bits per heavy atom. The molecule has 8 heteroatoms. The van der Waals surface area contributed by atoms with E-state index in [0.29, 0.717) is 5.56 Å². The number of alkyl halides is 3. The maximum atomic E-state index is 12.9. The van der Waals surface area contributed by atoms with Crippen molar-refractivity contribution < 1.29 is 23.1 Å². The standard InChI is InChI=1S/C13H12F3N3O2/c1-7-2-3-11(18-10(7)4-17)19-5-8(12(20)21)9(6-19)13(14,15)16/h2-3,8-9H,5-6H2,1H3,(H,20,21)/t8-,9-/m1/s1. The van der Waals surface area contributed by atoms with Crippen molar-refractivity contribution in [2.45, 2.75) is 13.1 Å². The van der Waals surface area contributed by atoms with Gasteiger partial charge in [0.25, 0.3) is 0 Å². The lowest BCUT2D eigenvalue weighted by Crippen LogP contribution is -2.33. The molecule has 1 aromatic rings. The quantitative estimate of drug-likeness (QED) is 0.903. The number of pyridine rings is 1. The van der Waals surface area contributed by atoms with Crippen molar-refractivity contribution >= 4 is 11.8 Å². The van der Waals surface area contributed by atoms with Crippen LogP contribution >= 0.6 is 0 Å². The van der Waals surface area contributed by atoms with Crippen LogP contribution in [0, 0.1) is 30.1 Å². The Kier molecular flexibility index (Phi) is 3.77. The highest BCUT2D eigenvalue weighted by Crippen LogP contribution is 2.39. The molecule has 1 aliphatic rings. The second kappa shape index (κ2) is 5.24. The largest absolute Gasteiger partial charge is 0.481 e. The zero-order valence-electron chi connectivity index (χ0n) is 11.1. The van der Waals surface area contributed by atoms with E-state index in [1.165, 1.54) is 11.0 Å². The van der Waals surface area contributed by atoms with Gasteiger partial charge in [0, 0.05) is 13.1 Å². The molecule has 0 aromatic carbocycles. The lowest BCUT2D eigenvalue weighted by atomic mass is 9.96. The summed E-state index contributed by atoms with van der Waals surface area (Å²) in [4.78, 5) is 16.3. The van der Waals surface area contributed by atoms with Gasteiger partial charge in [0.2, 0.25) is 0 Å². The highest BCUT2D eigenvalue weighted by atomic mass is 19.4. The maximum Gasteiger partial charge on any atom is 0.394 e. The second-order valence-corrected chi connectivity index (χ2v) is 4.94. The van der Waals surface area contributed by atoms with Crippen LogP contribution in [0.15, 0.2) is 12.1 Å². The molecule has 2 rings (SSSR count). The van der Waals surface area contributed by atoms with E-state index in [9.17, 15) is 18.0 Å². The van der Waals surface area contributed by atoms with Gasteiger partial charge in [-0.1, -0.05) is 6.07 Å². The molecule has 0 saturated carbocycles. The Morgan fingerprint density at radius 3 is 2.62 bits per heavy atom. The summed E-state index contributed by atoms with van der Waals surface area (Å²) in [7, 11) is 0. The van der Waals surface area contributed by atoms with Crippen molar-refractivity contribution in [3.05, 3.63) is 23.4 Å². The van der Waals surface area contributed by atoms with E-state index >= 15 is 0 Å². The Bertz CT molecular complexity index is 610. The molecular formula is C13H12F3N3O2. The van der Waals surface area contributed by atoms with E-state index in [0.717, 1.165) is 0 Å². The van der Waals surface area contributed by atoms with Crippen molar-refractivity contribution in [2.75, 3.05) is 18.0 Å². The van der Waals surface area contributed by atoms with Crippen LogP contribution in [0.3, 0.4) is 0 Å². The number of hydrogen-bond acceptors (Lipinski definition) is 4. The van der Waals surface area contributed by atoms with Gasteiger partial charge in [-0.05, 0) is 18.6 Å². The molecule has 2 atom stereocenters. The minimum Gasteiger partial charge on any atom is -0.481 e. The van der Waals surface area contributed by atoms with E-state index in [-0.39, 0.29) is 18.1 Å². The van der Waals surface area contributed by atoms with E-state index in [2.05, 4.69) is 4.98 Å². The third-order valence-corrected chi connectivity index (χ3v) is 3.57.